The molecule has 0 amide bonds. The van der Waals surface area contributed by atoms with Crippen LogP contribution in [0, 0.1) is 0 Å². The maximum atomic E-state index is 8.79. The predicted molar refractivity (Wildman–Crippen MR) is 78.8 cm³/mol. The first-order valence-electron chi connectivity index (χ1n) is 5.76. The van der Waals surface area contributed by atoms with Gasteiger partial charge < -0.3 is 10.4 Å². The number of aliphatic hydroxyl groups is 1. The Labute approximate surface area is 119 Å². The zero-order valence-corrected chi connectivity index (χ0v) is 12.5. The van der Waals surface area contributed by atoms with Gasteiger partial charge >= 0.3 is 0 Å². The van der Waals surface area contributed by atoms with Crippen molar-refractivity contribution in [3.8, 4) is 11.3 Å². The van der Waals surface area contributed by atoms with Crippen LogP contribution >= 0.6 is 27.3 Å². The summed E-state index contributed by atoms with van der Waals surface area (Å²) >= 11 is 5.06. The van der Waals surface area contributed by atoms with Gasteiger partial charge in [-0.1, -0.05) is 28.1 Å². The Hall–Kier alpha value is -0.750. The lowest BCUT2D eigenvalue weighted by atomic mass is 10.2. The van der Waals surface area contributed by atoms with Crippen molar-refractivity contribution in [2.45, 2.75) is 13.0 Å². The van der Waals surface area contributed by atoms with Crippen molar-refractivity contribution in [1.29, 1.82) is 0 Å². The van der Waals surface area contributed by atoms with Crippen LogP contribution in [-0.2, 0) is 0 Å². The van der Waals surface area contributed by atoms with E-state index in [0.29, 0.717) is 6.54 Å². The Morgan fingerprint density at radius 1 is 1.39 bits per heavy atom. The van der Waals surface area contributed by atoms with E-state index in [-0.39, 0.29) is 12.6 Å². The fraction of sp³-hybridized carbons (Fsp3) is 0.308. The third-order valence-corrected chi connectivity index (χ3v) is 4.15. The number of aromatic nitrogens is 1. The molecular formula is C13H15BrN2OS. The van der Waals surface area contributed by atoms with Crippen LogP contribution in [0.15, 0.2) is 34.1 Å². The summed E-state index contributed by atoms with van der Waals surface area (Å²) in [5.74, 6) is 0. The summed E-state index contributed by atoms with van der Waals surface area (Å²) in [6.45, 7) is 2.80. The van der Waals surface area contributed by atoms with Crippen LogP contribution in [0.1, 0.15) is 18.0 Å². The normalized spacial score (nSPS) is 12.6. The Kier molecular flexibility index (Phi) is 4.88. The van der Waals surface area contributed by atoms with Gasteiger partial charge in [-0.05, 0) is 19.1 Å². The first-order chi connectivity index (χ1) is 8.70. The third-order valence-electron chi connectivity index (χ3n) is 2.59. The highest BCUT2D eigenvalue weighted by Crippen LogP contribution is 2.26. The monoisotopic (exact) mass is 326 g/mol. The molecule has 1 aromatic carbocycles. The van der Waals surface area contributed by atoms with Gasteiger partial charge in [-0.2, -0.15) is 0 Å². The Morgan fingerprint density at radius 3 is 2.78 bits per heavy atom. The van der Waals surface area contributed by atoms with E-state index >= 15 is 0 Å². The van der Waals surface area contributed by atoms with Gasteiger partial charge in [-0.3, -0.25) is 0 Å². The molecule has 18 heavy (non-hydrogen) atoms. The summed E-state index contributed by atoms with van der Waals surface area (Å²) < 4.78 is 1.07. The van der Waals surface area contributed by atoms with Gasteiger partial charge in [0, 0.05) is 22.0 Å². The average molecular weight is 327 g/mol. The van der Waals surface area contributed by atoms with Crippen molar-refractivity contribution in [2.24, 2.45) is 0 Å². The van der Waals surface area contributed by atoms with Crippen molar-refractivity contribution in [3.63, 3.8) is 0 Å². The molecule has 0 aliphatic rings. The van der Waals surface area contributed by atoms with E-state index < -0.39 is 0 Å². The van der Waals surface area contributed by atoms with Gasteiger partial charge in [0.1, 0.15) is 5.01 Å². The molecule has 96 valence electrons. The largest absolute Gasteiger partial charge is 0.395 e. The highest BCUT2D eigenvalue weighted by molar-refractivity contribution is 9.10. The topological polar surface area (TPSA) is 45.1 Å². The molecule has 1 atom stereocenters. The van der Waals surface area contributed by atoms with Gasteiger partial charge in [0.2, 0.25) is 0 Å². The van der Waals surface area contributed by atoms with Crippen molar-refractivity contribution in [1.82, 2.24) is 10.3 Å². The van der Waals surface area contributed by atoms with Crippen molar-refractivity contribution >= 4 is 27.3 Å². The molecule has 2 N–H and O–H groups in total. The molecular weight excluding hydrogens is 312 g/mol. The minimum absolute atomic E-state index is 0.148. The fourth-order valence-corrected chi connectivity index (χ4v) is 2.73. The minimum Gasteiger partial charge on any atom is -0.395 e. The lowest BCUT2D eigenvalue weighted by Gasteiger charge is -2.08. The molecule has 1 aromatic heterocycles. The van der Waals surface area contributed by atoms with Gasteiger partial charge in [0.15, 0.2) is 0 Å². The molecule has 0 saturated heterocycles. The molecule has 0 radical (unpaired) electrons. The molecule has 3 nitrogen and oxygen atoms in total. The van der Waals surface area contributed by atoms with Crippen molar-refractivity contribution < 1.29 is 5.11 Å². The molecule has 0 unspecified atom stereocenters. The van der Waals surface area contributed by atoms with Crippen LogP contribution in [0.5, 0.6) is 0 Å². The van der Waals surface area contributed by atoms with E-state index in [4.69, 9.17) is 5.11 Å². The third kappa shape index (κ3) is 3.38. The standard InChI is InChI=1S/C13H15BrN2OS/c1-9(15-6-7-17)13-16-12(8-18-13)10-2-4-11(14)5-3-10/h2-5,8-9,15,17H,6-7H2,1H3/t9-/m1/s1. The molecule has 2 rings (SSSR count). The van der Waals surface area contributed by atoms with Crippen LogP contribution in [0.2, 0.25) is 0 Å². The van der Waals surface area contributed by atoms with Crippen LogP contribution in [-0.4, -0.2) is 23.2 Å². The van der Waals surface area contributed by atoms with E-state index in [0.717, 1.165) is 20.7 Å². The molecule has 0 aliphatic heterocycles. The summed E-state index contributed by atoms with van der Waals surface area (Å²) in [7, 11) is 0. The number of rotatable bonds is 5. The van der Waals surface area contributed by atoms with Gasteiger partial charge in [-0.25, -0.2) is 4.98 Å². The first-order valence-corrected chi connectivity index (χ1v) is 7.43. The van der Waals surface area contributed by atoms with Crippen molar-refractivity contribution in [3.05, 3.63) is 39.1 Å². The lowest BCUT2D eigenvalue weighted by Crippen LogP contribution is -2.21. The molecule has 2 aromatic rings. The SMILES string of the molecule is C[C@@H](NCCO)c1nc(-c2ccc(Br)cc2)cs1. The number of benzene rings is 1. The van der Waals surface area contributed by atoms with Crippen LogP contribution in [0.3, 0.4) is 0 Å². The van der Waals surface area contributed by atoms with Gasteiger partial charge in [0.25, 0.3) is 0 Å². The number of aliphatic hydroxyl groups excluding tert-OH is 1. The van der Waals surface area contributed by atoms with Crippen LogP contribution in [0.25, 0.3) is 11.3 Å². The number of hydrogen-bond donors (Lipinski definition) is 2. The predicted octanol–water partition coefficient (Wildman–Crippen LogP) is 3.22. The number of hydrogen-bond acceptors (Lipinski definition) is 4. The van der Waals surface area contributed by atoms with Crippen LogP contribution < -0.4 is 5.32 Å². The first kappa shape index (κ1) is 13.7. The molecule has 5 heteroatoms. The summed E-state index contributed by atoms with van der Waals surface area (Å²) in [5.41, 5.74) is 2.12. The summed E-state index contributed by atoms with van der Waals surface area (Å²) in [6.07, 6.45) is 0. The molecule has 0 saturated carbocycles. The second kappa shape index (κ2) is 6.43. The second-order valence-corrected chi connectivity index (χ2v) is 5.78. The average Bonchev–Trinajstić information content (AvgIpc) is 2.86. The minimum atomic E-state index is 0.148. The van der Waals surface area contributed by atoms with Gasteiger partial charge in [0.05, 0.1) is 18.3 Å². The van der Waals surface area contributed by atoms with Gasteiger partial charge in [-0.15, -0.1) is 11.3 Å². The van der Waals surface area contributed by atoms with Crippen LogP contribution in [0.4, 0.5) is 0 Å². The number of halogens is 1. The Bertz CT molecular complexity index is 498. The molecule has 1 heterocycles. The molecule has 0 fully saturated rings. The fourth-order valence-electron chi connectivity index (χ4n) is 1.61. The maximum absolute atomic E-state index is 8.79. The second-order valence-electron chi connectivity index (χ2n) is 3.98. The summed E-state index contributed by atoms with van der Waals surface area (Å²) in [5, 5.41) is 15.1. The number of nitrogens with one attached hydrogen (secondary N) is 1. The van der Waals surface area contributed by atoms with E-state index in [1.54, 1.807) is 11.3 Å². The van der Waals surface area contributed by atoms with E-state index in [1.165, 1.54) is 0 Å². The van der Waals surface area contributed by atoms with E-state index in [1.807, 2.05) is 12.1 Å². The Balaban J connectivity index is 2.12. The quantitative estimate of drug-likeness (QED) is 0.886. The molecule has 0 bridgehead atoms. The highest BCUT2D eigenvalue weighted by atomic mass is 79.9. The molecule has 0 spiro atoms. The molecule has 0 aliphatic carbocycles. The maximum Gasteiger partial charge on any atom is 0.110 e. The smallest absolute Gasteiger partial charge is 0.110 e. The van der Waals surface area contributed by atoms with Crippen molar-refractivity contribution in [2.75, 3.05) is 13.2 Å². The van der Waals surface area contributed by atoms with E-state index in [2.05, 4.69) is 50.7 Å². The Morgan fingerprint density at radius 2 is 2.11 bits per heavy atom. The number of thiazole rings is 1. The summed E-state index contributed by atoms with van der Waals surface area (Å²) in [4.78, 5) is 4.62. The van der Waals surface area contributed by atoms with E-state index in [9.17, 15) is 0 Å². The number of nitrogens with zero attached hydrogens (tertiary/aromatic N) is 1. The highest BCUT2D eigenvalue weighted by Gasteiger charge is 2.10. The summed E-state index contributed by atoms with van der Waals surface area (Å²) in [6, 6.07) is 8.30. The zero-order chi connectivity index (χ0) is 13.0. The zero-order valence-electron chi connectivity index (χ0n) is 10.1. The lowest BCUT2D eigenvalue weighted by molar-refractivity contribution is 0.286.